The van der Waals surface area contributed by atoms with E-state index < -0.39 is 0 Å². The zero-order valence-corrected chi connectivity index (χ0v) is 14.8. The van der Waals surface area contributed by atoms with E-state index in [1.807, 2.05) is 53.7 Å². The Kier molecular flexibility index (Phi) is 4.58. The summed E-state index contributed by atoms with van der Waals surface area (Å²) in [5.41, 5.74) is 3.50. The third kappa shape index (κ3) is 3.40. The Bertz CT molecular complexity index is 1020. The van der Waals surface area contributed by atoms with Gasteiger partial charge in [0.2, 0.25) is 0 Å². The van der Waals surface area contributed by atoms with Crippen molar-refractivity contribution < 1.29 is 4.79 Å². The normalized spacial score (nSPS) is 14.6. The molecule has 0 bridgehead atoms. The highest BCUT2D eigenvalue weighted by atomic mass is 16.2. The molecule has 0 radical (unpaired) electrons. The Labute approximate surface area is 157 Å². The zero-order valence-electron chi connectivity index (χ0n) is 14.8. The third-order valence-corrected chi connectivity index (χ3v) is 4.84. The van der Waals surface area contributed by atoms with Gasteiger partial charge in [0, 0.05) is 55.0 Å². The van der Waals surface area contributed by atoms with Crippen molar-refractivity contribution in [2.75, 3.05) is 31.1 Å². The predicted octanol–water partition coefficient (Wildman–Crippen LogP) is 3.06. The number of carbonyl (C=O) groups excluding carboxylic acids is 1. The molecule has 134 valence electrons. The van der Waals surface area contributed by atoms with Gasteiger partial charge in [-0.3, -0.25) is 4.79 Å². The van der Waals surface area contributed by atoms with Crippen molar-refractivity contribution in [3.63, 3.8) is 0 Å². The molecule has 4 rings (SSSR count). The molecule has 27 heavy (non-hydrogen) atoms. The summed E-state index contributed by atoms with van der Waals surface area (Å²) in [5, 5.41) is 9.73. The molecule has 6 nitrogen and oxygen atoms in total. The number of rotatable bonds is 3. The van der Waals surface area contributed by atoms with Gasteiger partial charge in [-0.1, -0.05) is 18.2 Å². The number of aromatic nitrogens is 2. The highest BCUT2D eigenvalue weighted by Gasteiger charge is 2.22. The van der Waals surface area contributed by atoms with E-state index >= 15 is 0 Å². The van der Waals surface area contributed by atoms with Crippen LogP contribution in [0.3, 0.4) is 0 Å². The van der Waals surface area contributed by atoms with Crippen molar-refractivity contribution in [2.24, 2.45) is 0 Å². The molecule has 3 aromatic rings. The minimum atomic E-state index is 0.0818. The van der Waals surface area contributed by atoms with Gasteiger partial charge < -0.3 is 14.8 Å². The fourth-order valence-electron chi connectivity index (χ4n) is 3.38. The predicted molar refractivity (Wildman–Crippen MR) is 105 cm³/mol. The van der Waals surface area contributed by atoms with Gasteiger partial charge in [-0.15, -0.1) is 0 Å². The molecule has 6 heteroatoms. The van der Waals surface area contributed by atoms with Crippen molar-refractivity contribution in [3.8, 4) is 6.07 Å². The number of aromatic amines is 1. The second kappa shape index (κ2) is 7.34. The van der Waals surface area contributed by atoms with E-state index in [4.69, 9.17) is 5.26 Å². The highest BCUT2D eigenvalue weighted by molar-refractivity contribution is 5.94. The Morgan fingerprint density at radius 1 is 1.19 bits per heavy atom. The van der Waals surface area contributed by atoms with Crippen LogP contribution in [0.5, 0.6) is 0 Å². The summed E-state index contributed by atoms with van der Waals surface area (Å²) >= 11 is 0. The topological polar surface area (TPSA) is 76.0 Å². The smallest absolute Gasteiger partial charge is 0.253 e. The Hall–Kier alpha value is -3.59. The number of piperazine rings is 1. The molecule has 2 aromatic heterocycles. The lowest BCUT2D eigenvalue weighted by molar-refractivity contribution is 0.0747. The van der Waals surface area contributed by atoms with Gasteiger partial charge in [0.25, 0.3) is 5.91 Å². The molecule has 0 aliphatic carbocycles. The largest absolute Gasteiger partial charge is 0.367 e. The molecule has 1 amide bonds. The van der Waals surface area contributed by atoms with Crippen LogP contribution in [0.15, 0.2) is 54.9 Å². The van der Waals surface area contributed by atoms with Crippen LogP contribution in [0.2, 0.25) is 0 Å². The number of nitriles is 1. The molecule has 1 saturated heterocycles. The van der Waals surface area contributed by atoms with Gasteiger partial charge in [0.1, 0.15) is 5.65 Å². The minimum Gasteiger partial charge on any atom is -0.367 e. The zero-order chi connectivity index (χ0) is 18.6. The fourth-order valence-corrected chi connectivity index (χ4v) is 3.38. The van der Waals surface area contributed by atoms with Crippen molar-refractivity contribution >= 4 is 28.7 Å². The van der Waals surface area contributed by atoms with Gasteiger partial charge >= 0.3 is 0 Å². The van der Waals surface area contributed by atoms with Crippen molar-refractivity contribution in [1.82, 2.24) is 14.9 Å². The molecule has 1 fully saturated rings. The standard InChI is InChI=1S/C21H19N5O/c22-8-4-7-17-14-23-20-19(17)13-18(15-24-20)25-9-11-26(12-10-25)21(27)16-5-2-1-3-6-16/h1-7,13-15H,9-12H2,(H,23,24). The van der Waals surface area contributed by atoms with Crippen LogP contribution in [0.4, 0.5) is 5.69 Å². The lowest BCUT2D eigenvalue weighted by Crippen LogP contribution is -2.48. The van der Waals surface area contributed by atoms with Crippen LogP contribution in [-0.2, 0) is 0 Å². The van der Waals surface area contributed by atoms with E-state index in [1.165, 1.54) is 6.08 Å². The van der Waals surface area contributed by atoms with Crippen LogP contribution in [0.1, 0.15) is 15.9 Å². The molecule has 0 atom stereocenters. The van der Waals surface area contributed by atoms with Crippen molar-refractivity contribution in [3.05, 3.63) is 66.0 Å². The van der Waals surface area contributed by atoms with Gasteiger partial charge in [0.05, 0.1) is 18.0 Å². The van der Waals surface area contributed by atoms with Crippen LogP contribution < -0.4 is 4.90 Å². The number of amides is 1. The summed E-state index contributed by atoms with van der Waals surface area (Å²) in [6, 6.07) is 13.5. The summed E-state index contributed by atoms with van der Waals surface area (Å²) in [4.78, 5) is 24.3. The number of fused-ring (bicyclic) bond motifs is 1. The van der Waals surface area contributed by atoms with E-state index in [9.17, 15) is 4.79 Å². The first-order valence-electron chi connectivity index (χ1n) is 8.89. The number of carbonyl (C=O) groups is 1. The summed E-state index contributed by atoms with van der Waals surface area (Å²) in [5.74, 6) is 0.0818. The second-order valence-electron chi connectivity index (χ2n) is 6.44. The van der Waals surface area contributed by atoms with Gasteiger partial charge in [-0.05, 0) is 24.3 Å². The first kappa shape index (κ1) is 16.9. The maximum Gasteiger partial charge on any atom is 0.253 e. The number of hydrogen-bond donors (Lipinski definition) is 1. The average Bonchev–Trinajstić information content (AvgIpc) is 3.14. The molecule has 1 aromatic carbocycles. The van der Waals surface area contributed by atoms with Gasteiger partial charge in [-0.2, -0.15) is 5.26 Å². The number of hydrogen-bond acceptors (Lipinski definition) is 4. The number of anilines is 1. The van der Waals surface area contributed by atoms with Crippen molar-refractivity contribution in [2.45, 2.75) is 0 Å². The molecule has 0 unspecified atom stereocenters. The summed E-state index contributed by atoms with van der Waals surface area (Å²) < 4.78 is 0. The van der Waals surface area contributed by atoms with E-state index in [1.54, 1.807) is 6.08 Å². The quantitative estimate of drug-likeness (QED) is 0.731. The van der Waals surface area contributed by atoms with Crippen LogP contribution in [0, 0.1) is 11.3 Å². The number of H-pyrrole nitrogens is 1. The fraction of sp³-hybridized carbons (Fsp3) is 0.190. The molecular formula is C21H19N5O. The van der Waals surface area contributed by atoms with E-state index in [2.05, 4.69) is 20.9 Å². The van der Waals surface area contributed by atoms with E-state index in [-0.39, 0.29) is 5.91 Å². The van der Waals surface area contributed by atoms with Crippen LogP contribution in [-0.4, -0.2) is 47.0 Å². The second-order valence-corrected chi connectivity index (χ2v) is 6.44. The van der Waals surface area contributed by atoms with Gasteiger partial charge in [0.15, 0.2) is 0 Å². The molecule has 3 heterocycles. The van der Waals surface area contributed by atoms with E-state index in [0.29, 0.717) is 13.1 Å². The van der Waals surface area contributed by atoms with E-state index in [0.717, 1.165) is 40.9 Å². The first-order chi connectivity index (χ1) is 13.3. The number of nitrogens with zero attached hydrogens (tertiary/aromatic N) is 4. The Balaban J connectivity index is 1.49. The monoisotopic (exact) mass is 357 g/mol. The number of benzene rings is 1. The molecule has 1 N–H and O–H groups in total. The SMILES string of the molecule is N#CC=Cc1c[nH]c2ncc(N3CCN(C(=O)c4ccccc4)CC3)cc12. The summed E-state index contributed by atoms with van der Waals surface area (Å²) in [7, 11) is 0. The number of allylic oxidation sites excluding steroid dienone is 1. The molecule has 0 saturated carbocycles. The van der Waals surface area contributed by atoms with Crippen molar-refractivity contribution in [1.29, 1.82) is 5.26 Å². The average molecular weight is 357 g/mol. The maximum absolute atomic E-state index is 12.6. The van der Waals surface area contributed by atoms with Gasteiger partial charge in [-0.25, -0.2) is 4.98 Å². The highest BCUT2D eigenvalue weighted by Crippen LogP contribution is 2.24. The van der Waals surface area contributed by atoms with Crippen LogP contribution >= 0.6 is 0 Å². The molecule has 0 spiro atoms. The lowest BCUT2D eigenvalue weighted by Gasteiger charge is -2.36. The molecular weight excluding hydrogens is 338 g/mol. The minimum absolute atomic E-state index is 0.0818. The molecule has 1 aliphatic heterocycles. The summed E-state index contributed by atoms with van der Waals surface area (Å²) in [6.07, 6.45) is 6.95. The molecule has 1 aliphatic rings. The first-order valence-corrected chi connectivity index (χ1v) is 8.89. The Morgan fingerprint density at radius 3 is 2.70 bits per heavy atom. The number of pyridine rings is 1. The Morgan fingerprint density at radius 2 is 1.96 bits per heavy atom. The van der Waals surface area contributed by atoms with Crippen LogP contribution in [0.25, 0.3) is 17.1 Å². The lowest BCUT2D eigenvalue weighted by atomic mass is 10.1. The maximum atomic E-state index is 12.6. The summed E-state index contributed by atoms with van der Waals surface area (Å²) in [6.45, 7) is 2.89. The number of nitrogens with one attached hydrogen (secondary N) is 1. The third-order valence-electron chi connectivity index (χ3n) is 4.84.